The van der Waals surface area contributed by atoms with E-state index in [4.69, 9.17) is 4.74 Å². The van der Waals surface area contributed by atoms with Gasteiger partial charge < -0.3 is 9.72 Å². The molecule has 0 saturated heterocycles. The zero-order valence-corrected chi connectivity index (χ0v) is 13.4. The predicted octanol–water partition coefficient (Wildman–Crippen LogP) is 4.50. The maximum Gasteiger partial charge on any atom is 0.149 e. The first kappa shape index (κ1) is 15.6. The average Bonchev–Trinajstić information content (AvgIpc) is 3.01. The highest BCUT2D eigenvalue weighted by molar-refractivity contribution is 5.90. The van der Waals surface area contributed by atoms with Gasteiger partial charge in [0.2, 0.25) is 0 Å². The summed E-state index contributed by atoms with van der Waals surface area (Å²) in [6.45, 7) is 6.11. The fourth-order valence-corrected chi connectivity index (χ4v) is 2.39. The molecule has 0 radical (unpaired) electrons. The summed E-state index contributed by atoms with van der Waals surface area (Å²) in [6, 6.07) is 15.7. The van der Waals surface area contributed by atoms with E-state index in [0.29, 0.717) is 18.0 Å². The molecule has 0 unspecified atom stereocenters. The van der Waals surface area contributed by atoms with Gasteiger partial charge >= 0.3 is 0 Å². The van der Waals surface area contributed by atoms with Gasteiger partial charge in [-0.25, -0.2) is 4.98 Å². The lowest BCUT2D eigenvalue weighted by Gasteiger charge is -2.03. The Hall–Kier alpha value is -3.32. The molecule has 24 heavy (non-hydrogen) atoms. The molecule has 1 N–H and O–H groups in total. The Morgan fingerprint density at radius 1 is 1.29 bits per heavy atom. The molecule has 1 aromatic heterocycles. The van der Waals surface area contributed by atoms with Crippen LogP contribution in [-0.2, 0) is 0 Å². The minimum absolute atomic E-state index is 0.469. The molecule has 0 bridgehead atoms. The second kappa shape index (κ2) is 6.84. The predicted molar refractivity (Wildman–Crippen MR) is 96.4 cm³/mol. The zero-order chi connectivity index (χ0) is 16.9. The molecule has 0 aliphatic rings. The molecule has 0 atom stereocenters. The number of aromatic nitrogens is 2. The van der Waals surface area contributed by atoms with Crippen molar-refractivity contribution in [1.29, 1.82) is 5.26 Å². The van der Waals surface area contributed by atoms with Gasteiger partial charge in [0.1, 0.15) is 24.3 Å². The van der Waals surface area contributed by atoms with Crippen LogP contribution < -0.4 is 4.74 Å². The summed E-state index contributed by atoms with van der Waals surface area (Å²) in [5, 5.41) is 9.48. The van der Waals surface area contributed by atoms with Crippen molar-refractivity contribution in [2.75, 3.05) is 6.61 Å². The van der Waals surface area contributed by atoms with Crippen LogP contribution in [0.25, 0.3) is 22.7 Å². The van der Waals surface area contributed by atoms with E-state index in [1.807, 2.05) is 55.5 Å². The van der Waals surface area contributed by atoms with Crippen LogP contribution in [0.5, 0.6) is 5.75 Å². The molecule has 0 spiro atoms. The molecular formula is C20H17N3O. The number of benzene rings is 2. The van der Waals surface area contributed by atoms with Crippen LogP contribution in [0.2, 0.25) is 0 Å². The number of nitrogens with one attached hydrogen (secondary N) is 1. The van der Waals surface area contributed by atoms with Crippen molar-refractivity contribution in [2.45, 2.75) is 6.92 Å². The van der Waals surface area contributed by atoms with E-state index >= 15 is 0 Å². The second-order valence-electron chi connectivity index (χ2n) is 5.44. The molecule has 3 rings (SSSR count). The molecule has 0 amide bonds. The smallest absolute Gasteiger partial charge is 0.149 e. The first-order valence-electron chi connectivity index (χ1n) is 7.62. The minimum atomic E-state index is 0.469. The first-order valence-corrected chi connectivity index (χ1v) is 7.62. The van der Waals surface area contributed by atoms with Crippen molar-refractivity contribution < 1.29 is 4.74 Å². The largest absolute Gasteiger partial charge is 0.490 e. The Balaban J connectivity index is 1.90. The number of aryl methyl sites for hydroxylation is 1. The van der Waals surface area contributed by atoms with Gasteiger partial charge in [-0.1, -0.05) is 30.9 Å². The quantitative estimate of drug-likeness (QED) is 0.557. The maximum atomic E-state index is 9.48. The number of nitrogens with zero attached hydrogens (tertiary/aromatic N) is 2. The number of hydrogen-bond donors (Lipinski definition) is 1. The molecular weight excluding hydrogens is 298 g/mol. The van der Waals surface area contributed by atoms with Crippen LogP contribution in [0.4, 0.5) is 0 Å². The zero-order valence-electron chi connectivity index (χ0n) is 13.4. The standard InChI is InChI=1S/C20H17N3O/c1-3-10-24-17-7-5-15(6-8-17)12-16(13-21)20-22-18-9-4-14(2)11-19(18)23-20/h3-9,11-12H,1,10H2,2H3,(H,22,23)/b16-12-. The van der Waals surface area contributed by atoms with Crippen LogP contribution in [0, 0.1) is 18.3 Å². The molecule has 1 heterocycles. The normalized spacial score (nSPS) is 11.2. The number of H-pyrrole nitrogens is 1. The lowest BCUT2D eigenvalue weighted by atomic mass is 10.1. The Labute approximate surface area is 140 Å². The third-order valence-electron chi connectivity index (χ3n) is 3.57. The third kappa shape index (κ3) is 3.36. The van der Waals surface area contributed by atoms with Gasteiger partial charge in [-0.15, -0.1) is 0 Å². The molecule has 0 aliphatic carbocycles. The van der Waals surface area contributed by atoms with E-state index in [-0.39, 0.29) is 0 Å². The van der Waals surface area contributed by atoms with Gasteiger partial charge in [-0.3, -0.25) is 0 Å². The van der Waals surface area contributed by atoms with Crippen LogP contribution in [0.15, 0.2) is 55.1 Å². The summed E-state index contributed by atoms with van der Waals surface area (Å²) in [5.74, 6) is 1.34. The number of allylic oxidation sites excluding steroid dienone is 1. The van der Waals surface area contributed by atoms with Gasteiger partial charge in [0.15, 0.2) is 0 Å². The topological polar surface area (TPSA) is 61.7 Å². The van der Waals surface area contributed by atoms with Crippen molar-refractivity contribution in [1.82, 2.24) is 9.97 Å². The molecule has 0 saturated carbocycles. The van der Waals surface area contributed by atoms with Crippen LogP contribution >= 0.6 is 0 Å². The number of fused-ring (bicyclic) bond motifs is 1. The summed E-state index contributed by atoms with van der Waals surface area (Å²) in [5.41, 5.74) is 4.33. The van der Waals surface area contributed by atoms with Gasteiger partial charge in [-0.2, -0.15) is 5.26 Å². The highest BCUT2D eigenvalue weighted by Crippen LogP contribution is 2.21. The molecule has 0 fully saturated rings. The molecule has 3 aromatic rings. The van der Waals surface area contributed by atoms with Crippen molar-refractivity contribution in [3.63, 3.8) is 0 Å². The fourth-order valence-electron chi connectivity index (χ4n) is 2.39. The van der Waals surface area contributed by atoms with Crippen LogP contribution in [-0.4, -0.2) is 16.6 Å². The highest BCUT2D eigenvalue weighted by Gasteiger charge is 2.08. The number of hydrogen-bond acceptors (Lipinski definition) is 3. The average molecular weight is 315 g/mol. The molecule has 2 aromatic carbocycles. The van der Waals surface area contributed by atoms with E-state index in [1.165, 1.54) is 0 Å². The summed E-state index contributed by atoms with van der Waals surface area (Å²) in [7, 11) is 0. The number of rotatable bonds is 5. The summed E-state index contributed by atoms with van der Waals surface area (Å²) in [6.07, 6.45) is 3.51. The van der Waals surface area contributed by atoms with Crippen LogP contribution in [0.3, 0.4) is 0 Å². The SMILES string of the molecule is C=CCOc1ccc(/C=C(/C#N)c2nc3ccc(C)cc3[nH]2)cc1. The van der Waals surface area contributed by atoms with Gasteiger partial charge in [0.25, 0.3) is 0 Å². The molecule has 118 valence electrons. The number of imidazole rings is 1. The second-order valence-corrected chi connectivity index (χ2v) is 5.44. The Kier molecular flexibility index (Phi) is 4.44. The van der Waals surface area contributed by atoms with E-state index in [9.17, 15) is 5.26 Å². The lowest BCUT2D eigenvalue weighted by Crippen LogP contribution is -1.92. The summed E-state index contributed by atoms with van der Waals surface area (Å²) < 4.78 is 5.45. The molecule has 0 aliphatic heterocycles. The van der Waals surface area contributed by atoms with Gasteiger partial charge in [0.05, 0.1) is 16.6 Å². The van der Waals surface area contributed by atoms with Crippen molar-refractivity contribution in [3.8, 4) is 11.8 Å². The summed E-state index contributed by atoms with van der Waals surface area (Å²) >= 11 is 0. The molecule has 4 nitrogen and oxygen atoms in total. The lowest BCUT2D eigenvalue weighted by molar-refractivity contribution is 0.363. The monoisotopic (exact) mass is 315 g/mol. The van der Waals surface area contributed by atoms with Crippen LogP contribution in [0.1, 0.15) is 17.0 Å². The van der Waals surface area contributed by atoms with Gasteiger partial charge in [-0.05, 0) is 48.4 Å². The highest BCUT2D eigenvalue weighted by atomic mass is 16.5. The van der Waals surface area contributed by atoms with E-state index in [2.05, 4.69) is 22.6 Å². The Morgan fingerprint density at radius 3 is 2.79 bits per heavy atom. The van der Waals surface area contributed by atoms with Crippen molar-refractivity contribution in [2.24, 2.45) is 0 Å². The first-order chi connectivity index (χ1) is 11.7. The summed E-state index contributed by atoms with van der Waals surface area (Å²) in [4.78, 5) is 7.71. The third-order valence-corrected chi connectivity index (χ3v) is 3.57. The minimum Gasteiger partial charge on any atom is -0.490 e. The molecule has 4 heteroatoms. The van der Waals surface area contributed by atoms with E-state index < -0.39 is 0 Å². The Morgan fingerprint density at radius 2 is 2.08 bits per heavy atom. The Bertz CT molecular complexity index is 943. The van der Waals surface area contributed by atoms with E-state index in [0.717, 1.165) is 27.9 Å². The number of aromatic amines is 1. The number of ether oxygens (including phenoxy) is 1. The van der Waals surface area contributed by atoms with Crippen molar-refractivity contribution in [3.05, 3.63) is 72.1 Å². The van der Waals surface area contributed by atoms with E-state index in [1.54, 1.807) is 6.08 Å². The van der Waals surface area contributed by atoms with Gasteiger partial charge in [0, 0.05) is 0 Å². The fraction of sp³-hybridized carbons (Fsp3) is 0.100. The van der Waals surface area contributed by atoms with Crippen molar-refractivity contribution >= 4 is 22.7 Å². The maximum absolute atomic E-state index is 9.48. The number of nitriles is 1.